The zero-order valence-corrected chi connectivity index (χ0v) is 14.2. The second-order valence-corrected chi connectivity index (χ2v) is 6.35. The van der Waals surface area contributed by atoms with Crippen molar-refractivity contribution in [2.75, 3.05) is 11.6 Å². The standard InChI is InChI=1S/C20H20N4/c1-14-10-15(2)20(16(3)11-14)23-12-17-7-8-19(22-24(17)13-23)18-6-4-5-9-21-18/h4-12H,13H2,1-3H3. The van der Waals surface area contributed by atoms with Gasteiger partial charge in [0.15, 0.2) is 0 Å². The summed E-state index contributed by atoms with van der Waals surface area (Å²) in [6.45, 7) is 7.20. The van der Waals surface area contributed by atoms with E-state index < -0.39 is 0 Å². The molecular weight excluding hydrogens is 296 g/mol. The van der Waals surface area contributed by atoms with Crippen LogP contribution in [0, 0.1) is 20.8 Å². The quantitative estimate of drug-likeness (QED) is 0.842. The third kappa shape index (κ3) is 2.50. The number of aryl methyl sites for hydroxylation is 3. The third-order valence-corrected chi connectivity index (χ3v) is 4.36. The first-order valence-corrected chi connectivity index (χ1v) is 8.14. The summed E-state index contributed by atoms with van der Waals surface area (Å²) >= 11 is 0. The largest absolute Gasteiger partial charge is 0.325 e. The highest BCUT2D eigenvalue weighted by Gasteiger charge is 2.25. The molecule has 3 heterocycles. The lowest BCUT2D eigenvalue weighted by Gasteiger charge is -2.24. The van der Waals surface area contributed by atoms with Crippen LogP contribution >= 0.6 is 0 Å². The Morgan fingerprint density at radius 2 is 1.79 bits per heavy atom. The summed E-state index contributed by atoms with van der Waals surface area (Å²) in [5, 5.41) is 6.79. The minimum atomic E-state index is 0.723. The van der Waals surface area contributed by atoms with Crippen LogP contribution in [-0.4, -0.2) is 22.4 Å². The van der Waals surface area contributed by atoms with E-state index in [1.807, 2.05) is 29.3 Å². The Bertz CT molecular complexity index is 855. The summed E-state index contributed by atoms with van der Waals surface area (Å²) in [4.78, 5) is 6.66. The van der Waals surface area contributed by atoms with Crippen molar-refractivity contribution in [2.45, 2.75) is 20.8 Å². The first-order chi connectivity index (χ1) is 11.6. The predicted octanol–water partition coefficient (Wildman–Crippen LogP) is 3.90. The second kappa shape index (κ2) is 5.64. The number of anilines is 1. The molecular formula is C20H20N4. The van der Waals surface area contributed by atoms with Crippen molar-refractivity contribution >= 4 is 11.4 Å². The van der Waals surface area contributed by atoms with Gasteiger partial charge in [-0.15, -0.1) is 0 Å². The minimum absolute atomic E-state index is 0.723. The Morgan fingerprint density at radius 3 is 2.50 bits per heavy atom. The lowest BCUT2D eigenvalue weighted by Crippen LogP contribution is -2.26. The third-order valence-electron chi connectivity index (χ3n) is 4.36. The van der Waals surface area contributed by atoms with Gasteiger partial charge in [-0.3, -0.25) is 4.98 Å². The van der Waals surface area contributed by atoms with Crippen LogP contribution in [0.5, 0.6) is 0 Å². The average molecular weight is 316 g/mol. The van der Waals surface area contributed by atoms with Gasteiger partial charge >= 0.3 is 0 Å². The molecule has 2 aromatic rings. The zero-order valence-electron chi connectivity index (χ0n) is 14.2. The molecule has 0 bridgehead atoms. The number of hydrazone groups is 1. The fourth-order valence-corrected chi connectivity index (χ4v) is 3.45. The van der Waals surface area contributed by atoms with Crippen molar-refractivity contribution in [1.82, 2.24) is 9.99 Å². The van der Waals surface area contributed by atoms with Crippen molar-refractivity contribution < 1.29 is 0 Å². The smallest absolute Gasteiger partial charge is 0.117 e. The lowest BCUT2D eigenvalue weighted by atomic mass is 10.0. The molecule has 0 saturated carbocycles. The molecule has 4 nitrogen and oxygen atoms in total. The first kappa shape index (κ1) is 14.7. The highest BCUT2D eigenvalue weighted by molar-refractivity contribution is 6.08. The van der Waals surface area contributed by atoms with Crippen molar-refractivity contribution in [1.29, 1.82) is 0 Å². The van der Waals surface area contributed by atoms with E-state index in [-0.39, 0.29) is 0 Å². The SMILES string of the molecule is Cc1cc(C)c(N2C=C3C=CC(c4ccccn4)=NN3C2)c(C)c1. The van der Waals surface area contributed by atoms with E-state index >= 15 is 0 Å². The van der Waals surface area contributed by atoms with Gasteiger partial charge in [0.05, 0.1) is 11.4 Å². The molecule has 4 heteroatoms. The summed E-state index contributed by atoms with van der Waals surface area (Å²) < 4.78 is 0. The van der Waals surface area contributed by atoms with E-state index in [1.54, 1.807) is 6.20 Å². The first-order valence-electron chi connectivity index (χ1n) is 8.14. The molecule has 24 heavy (non-hydrogen) atoms. The van der Waals surface area contributed by atoms with Crippen LogP contribution in [0.25, 0.3) is 0 Å². The molecule has 0 spiro atoms. The topological polar surface area (TPSA) is 31.7 Å². The van der Waals surface area contributed by atoms with Gasteiger partial charge in [0.25, 0.3) is 0 Å². The number of fused-ring (bicyclic) bond motifs is 1. The molecule has 0 aliphatic carbocycles. The van der Waals surface area contributed by atoms with Crippen molar-refractivity contribution in [3.8, 4) is 0 Å². The Kier molecular flexibility index (Phi) is 3.45. The number of rotatable bonds is 2. The maximum Gasteiger partial charge on any atom is 0.117 e. The van der Waals surface area contributed by atoms with Gasteiger partial charge in [0.2, 0.25) is 0 Å². The molecule has 0 radical (unpaired) electrons. The molecule has 4 rings (SSSR count). The highest BCUT2D eigenvalue weighted by atomic mass is 15.5. The summed E-state index contributed by atoms with van der Waals surface area (Å²) in [6.07, 6.45) is 8.10. The summed E-state index contributed by atoms with van der Waals surface area (Å²) in [6, 6.07) is 10.4. The molecule has 0 saturated heterocycles. The summed E-state index contributed by atoms with van der Waals surface area (Å²) in [5.41, 5.74) is 8.05. The second-order valence-electron chi connectivity index (χ2n) is 6.35. The molecule has 0 atom stereocenters. The van der Waals surface area contributed by atoms with Gasteiger partial charge in [-0.1, -0.05) is 23.8 Å². The van der Waals surface area contributed by atoms with Crippen LogP contribution in [-0.2, 0) is 0 Å². The van der Waals surface area contributed by atoms with E-state index in [9.17, 15) is 0 Å². The number of hydrogen-bond donors (Lipinski definition) is 0. The fraction of sp³-hybridized carbons (Fsp3) is 0.200. The Balaban J connectivity index is 1.65. The number of benzene rings is 1. The molecule has 120 valence electrons. The van der Waals surface area contributed by atoms with Crippen molar-refractivity contribution in [2.24, 2.45) is 5.10 Å². The zero-order chi connectivity index (χ0) is 16.7. The Labute approximate surface area is 142 Å². The van der Waals surface area contributed by atoms with Gasteiger partial charge in [-0.05, 0) is 56.2 Å². The molecule has 2 aliphatic rings. The molecule has 2 aliphatic heterocycles. The van der Waals surface area contributed by atoms with E-state index in [0.29, 0.717) is 0 Å². The van der Waals surface area contributed by atoms with E-state index in [1.165, 1.54) is 22.4 Å². The van der Waals surface area contributed by atoms with Crippen LogP contribution in [0.4, 0.5) is 5.69 Å². The highest BCUT2D eigenvalue weighted by Crippen LogP contribution is 2.32. The maximum absolute atomic E-state index is 4.76. The number of hydrogen-bond acceptors (Lipinski definition) is 4. The van der Waals surface area contributed by atoms with Crippen LogP contribution in [0.15, 0.2) is 65.7 Å². The summed E-state index contributed by atoms with van der Waals surface area (Å²) in [5.74, 6) is 0. The minimum Gasteiger partial charge on any atom is -0.325 e. The fourth-order valence-electron chi connectivity index (χ4n) is 3.45. The molecule has 0 unspecified atom stereocenters. The van der Waals surface area contributed by atoms with E-state index in [0.717, 1.165) is 23.8 Å². The van der Waals surface area contributed by atoms with Crippen molar-refractivity contribution in [3.63, 3.8) is 0 Å². The molecule has 0 amide bonds. The molecule has 1 aromatic carbocycles. The van der Waals surface area contributed by atoms with Crippen LogP contribution in [0.2, 0.25) is 0 Å². The van der Waals surface area contributed by atoms with Gasteiger partial charge in [0, 0.05) is 18.1 Å². The van der Waals surface area contributed by atoms with Gasteiger partial charge in [0.1, 0.15) is 12.4 Å². The number of pyridine rings is 1. The Morgan fingerprint density at radius 1 is 1.00 bits per heavy atom. The normalized spacial score (nSPS) is 16.1. The Hall–Kier alpha value is -2.88. The van der Waals surface area contributed by atoms with E-state index in [4.69, 9.17) is 5.10 Å². The van der Waals surface area contributed by atoms with Gasteiger partial charge in [-0.25, -0.2) is 5.01 Å². The molecule has 0 fully saturated rings. The molecule has 1 aromatic heterocycles. The van der Waals surface area contributed by atoms with Crippen molar-refractivity contribution in [3.05, 3.63) is 83.0 Å². The van der Waals surface area contributed by atoms with Crippen LogP contribution in [0.1, 0.15) is 22.4 Å². The monoisotopic (exact) mass is 316 g/mol. The van der Waals surface area contributed by atoms with Crippen LogP contribution in [0.3, 0.4) is 0 Å². The van der Waals surface area contributed by atoms with Gasteiger partial charge < -0.3 is 4.90 Å². The predicted molar refractivity (Wildman–Crippen MR) is 97.8 cm³/mol. The van der Waals surface area contributed by atoms with Crippen LogP contribution < -0.4 is 4.90 Å². The average Bonchev–Trinajstić information content (AvgIpc) is 2.97. The lowest BCUT2D eigenvalue weighted by molar-refractivity contribution is 0.408. The number of nitrogens with zero attached hydrogens (tertiary/aromatic N) is 4. The summed E-state index contributed by atoms with van der Waals surface area (Å²) in [7, 11) is 0. The van der Waals surface area contributed by atoms with Gasteiger partial charge in [-0.2, -0.15) is 5.10 Å². The van der Waals surface area contributed by atoms with E-state index in [2.05, 4.69) is 55.1 Å². The number of allylic oxidation sites excluding steroid dienone is 2. The maximum atomic E-state index is 4.76. The molecule has 0 N–H and O–H groups in total. The number of aromatic nitrogens is 1.